The van der Waals surface area contributed by atoms with E-state index in [0.717, 1.165) is 5.71 Å². The van der Waals surface area contributed by atoms with E-state index in [9.17, 15) is 0 Å². The molecule has 1 aliphatic rings. The van der Waals surface area contributed by atoms with E-state index < -0.39 is 0 Å². The van der Waals surface area contributed by atoms with Crippen LogP contribution < -0.4 is 0 Å². The molecule has 0 unspecified atom stereocenters. The van der Waals surface area contributed by atoms with Crippen molar-refractivity contribution < 1.29 is 0 Å². The fourth-order valence-corrected chi connectivity index (χ4v) is 0.405. The lowest BCUT2D eigenvalue weighted by atomic mass is 10.4. The maximum atomic E-state index is 3.74. The van der Waals surface area contributed by atoms with Gasteiger partial charge in [0.25, 0.3) is 0 Å². The molecule has 1 aliphatic heterocycles. The van der Waals surface area contributed by atoms with Crippen molar-refractivity contribution in [1.29, 1.82) is 0 Å². The summed E-state index contributed by atoms with van der Waals surface area (Å²) in [5, 5.41) is 7.31. The molecule has 0 saturated heterocycles. The number of nitrogens with zero attached hydrogens (tertiary/aromatic N) is 2. The molecule has 2 nitrogen and oxygen atoms in total. The lowest BCUT2D eigenvalue weighted by Crippen LogP contribution is -1.78. The summed E-state index contributed by atoms with van der Waals surface area (Å²) >= 11 is 0. The van der Waals surface area contributed by atoms with Crippen molar-refractivity contribution >= 4 is 11.6 Å². The standard InChI is InChI=1S/C6H6N2/c1-6-4-2-3-5-7-8-6/h2-4H,1H3. The largest absolute Gasteiger partial charge is 0.147 e. The zero-order valence-corrected chi connectivity index (χ0v) is 4.63. The third-order valence-corrected chi connectivity index (χ3v) is 0.774. The van der Waals surface area contributed by atoms with Crippen LogP contribution in [0.2, 0.25) is 0 Å². The van der Waals surface area contributed by atoms with Crippen LogP contribution in [-0.2, 0) is 0 Å². The molecule has 0 fully saturated rings. The number of rotatable bonds is 0. The van der Waals surface area contributed by atoms with Gasteiger partial charge in [0.05, 0.1) is 5.71 Å². The van der Waals surface area contributed by atoms with Gasteiger partial charge in [-0.2, -0.15) is 0 Å². The molecule has 0 aromatic heterocycles. The van der Waals surface area contributed by atoms with Gasteiger partial charge in [0.15, 0.2) is 0 Å². The van der Waals surface area contributed by atoms with Crippen LogP contribution in [0.15, 0.2) is 28.4 Å². The highest BCUT2D eigenvalue weighted by atomic mass is 15.2. The molecule has 0 aliphatic carbocycles. The van der Waals surface area contributed by atoms with Gasteiger partial charge in [0, 0.05) is 11.9 Å². The Labute approximate surface area is 47.9 Å². The number of allylic oxidation sites excluding steroid dienone is 3. The Kier molecular flexibility index (Phi) is 1.40. The van der Waals surface area contributed by atoms with Crippen molar-refractivity contribution in [1.82, 2.24) is 0 Å². The Hall–Kier alpha value is -1.14. The molecule has 0 radical (unpaired) electrons. The Morgan fingerprint density at radius 1 is 1.62 bits per heavy atom. The van der Waals surface area contributed by atoms with Gasteiger partial charge in [0.1, 0.15) is 0 Å². The topological polar surface area (TPSA) is 24.7 Å². The van der Waals surface area contributed by atoms with E-state index >= 15 is 0 Å². The molecule has 40 valence electrons. The molecule has 0 aromatic rings. The summed E-state index contributed by atoms with van der Waals surface area (Å²) in [5.74, 6) is 2.60. The number of hydrogen-bond acceptors (Lipinski definition) is 2. The second-order valence-corrected chi connectivity index (χ2v) is 1.50. The first-order valence-corrected chi connectivity index (χ1v) is 2.39. The van der Waals surface area contributed by atoms with Crippen LogP contribution in [0.3, 0.4) is 0 Å². The first-order chi connectivity index (χ1) is 3.89. The highest BCUT2D eigenvalue weighted by Crippen LogP contribution is 1.84. The SMILES string of the molecule is CC1=NN=C=CC=C1. The predicted molar refractivity (Wildman–Crippen MR) is 34.3 cm³/mol. The molecular formula is C6H6N2. The Morgan fingerprint density at radius 2 is 2.50 bits per heavy atom. The van der Waals surface area contributed by atoms with Crippen LogP contribution in [0.5, 0.6) is 0 Å². The minimum absolute atomic E-state index is 0.909. The minimum atomic E-state index is 0.909. The van der Waals surface area contributed by atoms with E-state index in [4.69, 9.17) is 0 Å². The van der Waals surface area contributed by atoms with E-state index in [2.05, 4.69) is 16.1 Å². The van der Waals surface area contributed by atoms with Crippen LogP contribution >= 0.6 is 0 Å². The Morgan fingerprint density at radius 3 is 3.38 bits per heavy atom. The van der Waals surface area contributed by atoms with Gasteiger partial charge in [-0.25, -0.2) is 0 Å². The third kappa shape index (κ3) is 1.17. The molecule has 0 spiro atoms. The lowest BCUT2D eigenvalue weighted by Gasteiger charge is -1.77. The molecule has 1 rings (SSSR count). The quantitative estimate of drug-likeness (QED) is 0.442. The molecule has 0 N–H and O–H groups in total. The van der Waals surface area contributed by atoms with Crippen LogP contribution in [0.25, 0.3) is 0 Å². The van der Waals surface area contributed by atoms with Crippen molar-refractivity contribution in [3.05, 3.63) is 18.2 Å². The van der Waals surface area contributed by atoms with Crippen LogP contribution in [0.1, 0.15) is 6.92 Å². The first-order valence-electron chi connectivity index (χ1n) is 2.39. The average Bonchev–Trinajstić information content (AvgIpc) is 1.94. The van der Waals surface area contributed by atoms with E-state index in [-0.39, 0.29) is 0 Å². The van der Waals surface area contributed by atoms with Gasteiger partial charge in [-0.1, -0.05) is 6.08 Å². The van der Waals surface area contributed by atoms with Gasteiger partial charge in [-0.05, 0) is 13.0 Å². The summed E-state index contributed by atoms with van der Waals surface area (Å²) < 4.78 is 0. The Bertz CT molecular complexity index is 193. The fraction of sp³-hybridized carbons (Fsp3) is 0.167. The van der Waals surface area contributed by atoms with E-state index in [1.807, 2.05) is 19.1 Å². The van der Waals surface area contributed by atoms with Gasteiger partial charge in [0.2, 0.25) is 0 Å². The summed E-state index contributed by atoms with van der Waals surface area (Å²) in [6.07, 6.45) is 5.46. The summed E-state index contributed by atoms with van der Waals surface area (Å²) in [5.41, 5.74) is 0.909. The van der Waals surface area contributed by atoms with Gasteiger partial charge in [-0.3, -0.25) is 0 Å². The summed E-state index contributed by atoms with van der Waals surface area (Å²) in [7, 11) is 0. The Balaban J connectivity index is 2.90. The molecule has 0 amide bonds. The normalized spacial score (nSPS) is 15.9. The van der Waals surface area contributed by atoms with E-state index in [1.54, 1.807) is 6.08 Å². The predicted octanol–water partition coefficient (Wildman–Crippen LogP) is 1.16. The van der Waals surface area contributed by atoms with Crippen molar-refractivity contribution in [2.45, 2.75) is 6.92 Å². The monoisotopic (exact) mass is 106 g/mol. The smallest absolute Gasteiger partial charge is 0.0607 e. The van der Waals surface area contributed by atoms with Gasteiger partial charge >= 0.3 is 0 Å². The van der Waals surface area contributed by atoms with Gasteiger partial charge in [-0.15, -0.1) is 10.2 Å². The van der Waals surface area contributed by atoms with E-state index in [1.165, 1.54) is 0 Å². The second-order valence-electron chi connectivity index (χ2n) is 1.50. The third-order valence-electron chi connectivity index (χ3n) is 0.774. The van der Waals surface area contributed by atoms with Crippen molar-refractivity contribution in [3.8, 4) is 0 Å². The molecule has 0 aromatic carbocycles. The summed E-state index contributed by atoms with van der Waals surface area (Å²) in [4.78, 5) is 0. The van der Waals surface area contributed by atoms with E-state index in [0.29, 0.717) is 0 Å². The van der Waals surface area contributed by atoms with Crippen LogP contribution in [0, 0.1) is 0 Å². The lowest BCUT2D eigenvalue weighted by molar-refractivity contribution is 1.26. The fourth-order valence-electron chi connectivity index (χ4n) is 0.405. The van der Waals surface area contributed by atoms with Crippen molar-refractivity contribution in [3.63, 3.8) is 0 Å². The molecular weight excluding hydrogens is 100 g/mol. The maximum Gasteiger partial charge on any atom is 0.0607 e. The first kappa shape index (κ1) is 5.01. The zero-order valence-electron chi connectivity index (χ0n) is 4.63. The molecule has 0 saturated carbocycles. The van der Waals surface area contributed by atoms with Crippen molar-refractivity contribution in [2.24, 2.45) is 10.2 Å². The molecule has 1 heterocycles. The van der Waals surface area contributed by atoms with Crippen LogP contribution in [-0.4, -0.2) is 11.6 Å². The zero-order chi connectivity index (χ0) is 5.82. The summed E-state index contributed by atoms with van der Waals surface area (Å²) in [6.45, 7) is 1.89. The molecule has 0 bridgehead atoms. The van der Waals surface area contributed by atoms with Crippen LogP contribution in [0.4, 0.5) is 0 Å². The second kappa shape index (κ2) is 2.24. The molecule has 8 heavy (non-hydrogen) atoms. The molecule has 2 heteroatoms. The van der Waals surface area contributed by atoms with Crippen molar-refractivity contribution in [2.75, 3.05) is 0 Å². The number of hydrogen-bond donors (Lipinski definition) is 0. The van der Waals surface area contributed by atoms with Gasteiger partial charge < -0.3 is 0 Å². The molecule has 0 atom stereocenters. The highest BCUT2D eigenvalue weighted by Gasteiger charge is 1.79. The maximum absolute atomic E-state index is 3.74. The summed E-state index contributed by atoms with van der Waals surface area (Å²) in [6, 6.07) is 0. The minimum Gasteiger partial charge on any atom is -0.147 e. The highest BCUT2D eigenvalue weighted by molar-refractivity contribution is 5.93. The average molecular weight is 106 g/mol.